The third-order valence-corrected chi connectivity index (χ3v) is 2.45. The summed E-state index contributed by atoms with van der Waals surface area (Å²) in [6.07, 6.45) is 0. The number of hydrogen-bond donors (Lipinski definition) is 3. The Morgan fingerprint density at radius 3 is 2.54 bits per heavy atom. The Morgan fingerprint density at radius 2 is 2.08 bits per heavy atom. The third-order valence-electron chi connectivity index (χ3n) is 1.55. The fourth-order valence-electron chi connectivity index (χ4n) is 0.959. The van der Waals surface area contributed by atoms with Gasteiger partial charge in [-0.2, -0.15) is 8.42 Å². The van der Waals surface area contributed by atoms with Crippen molar-refractivity contribution in [3.8, 4) is 0 Å². The Kier molecular flexibility index (Phi) is 2.44. The molecule has 0 amide bonds. The summed E-state index contributed by atoms with van der Waals surface area (Å²) in [4.78, 5) is -0.213. The van der Waals surface area contributed by atoms with Crippen molar-refractivity contribution in [2.75, 3.05) is 18.1 Å². The van der Waals surface area contributed by atoms with Gasteiger partial charge in [0.15, 0.2) is 0 Å². The largest absolute Gasteiger partial charge is 0.399 e. The number of hydrogen-bond acceptors (Lipinski definition) is 4. The molecule has 6 heteroatoms. The minimum Gasteiger partial charge on any atom is -0.399 e. The lowest BCUT2D eigenvalue weighted by Crippen LogP contribution is -2.04. The molecule has 0 unspecified atom stereocenters. The predicted molar refractivity (Wildman–Crippen MR) is 50.2 cm³/mol. The standard InChI is InChI=1S/C7H10N2O3S/c1-9-6-3-2-5(8)4-7(6)13(10,11)12/h2-4,9H,8H2,1H3,(H,10,11,12). The molecule has 13 heavy (non-hydrogen) atoms. The minimum absolute atomic E-state index is 0.213. The number of rotatable bonds is 2. The van der Waals surface area contributed by atoms with E-state index >= 15 is 0 Å². The van der Waals surface area contributed by atoms with Crippen LogP contribution < -0.4 is 11.1 Å². The van der Waals surface area contributed by atoms with Gasteiger partial charge in [-0.1, -0.05) is 0 Å². The van der Waals surface area contributed by atoms with E-state index in [1.807, 2.05) is 0 Å². The lowest BCUT2D eigenvalue weighted by Gasteiger charge is -2.06. The molecule has 1 rings (SSSR count). The third kappa shape index (κ3) is 2.10. The summed E-state index contributed by atoms with van der Waals surface area (Å²) in [6, 6.07) is 4.22. The van der Waals surface area contributed by atoms with E-state index in [0.717, 1.165) is 0 Å². The molecule has 5 nitrogen and oxygen atoms in total. The summed E-state index contributed by atoms with van der Waals surface area (Å²) in [5, 5.41) is 2.63. The van der Waals surface area contributed by atoms with E-state index in [0.29, 0.717) is 5.69 Å². The fraction of sp³-hybridized carbons (Fsp3) is 0.143. The Morgan fingerprint density at radius 1 is 1.46 bits per heavy atom. The van der Waals surface area contributed by atoms with Gasteiger partial charge < -0.3 is 11.1 Å². The van der Waals surface area contributed by atoms with Crippen LogP contribution in [0.5, 0.6) is 0 Å². The highest BCUT2D eigenvalue weighted by Crippen LogP contribution is 2.22. The van der Waals surface area contributed by atoms with Crippen LogP contribution in [0.3, 0.4) is 0 Å². The Labute approximate surface area is 76.3 Å². The van der Waals surface area contributed by atoms with Crippen LogP contribution in [0.1, 0.15) is 0 Å². The average molecular weight is 202 g/mol. The number of nitrogen functional groups attached to an aromatic ring is 1. The zero-order chi connectivity index (χ0) is 10.1. The zero-order valence-electron chi connectivity index (χ0n) is 6.98. The van der Waals surface area contributed by atoms with Gasteiger partial charge in [-0.15, -0.1) is 0 Å². The molecule has 72 valence electrons. The van der Waals surface area contributed by atoms with Crippen molar-refractivity contribution >= 4 is 21.5 Å². The Bertz CT molecular complexity index is 414. The van der Waals surface area contributed by atoms with Gasteiger partial charge in [0, 0.05) is 12.7 Å². The van der Waals surface area contributed by atoms with Crippen molar-refractivity contribution in [1.29, 1.82) is 0 Å². The highest BCUT2D eigenvalue weighted by Gasteiger charge is 2.14. The van der Waals surface area contributed by atoms with Gasteiger partial charge >= 0.3 is 0 Å². The van der Waals surface area contributed by atoms with Gasteiger partial charge in [0.05, 0.1) is 5.69 Å². The molecule has 0 aliphatic carbocycles. The number of benzene rings is 1. The molecule has 0 saturated carbocycles. The highest BCUT2D eigenvalue weighted by molar-refractivity contribution is 7.86. The van der Waals surface area contributed by atoms with Gasteiger partial charge in [0.25, 0.3) is 10.1 Å². The zero-order valence-corrected chi connectivity index (χ0v) is 7.80. The predicted octanol–water partition coefficient (Wildman–Crippen LogP) is 0.557. The number of nitrogens with two attached hydrogens (primary N) is 1. The first kappa shape index (κ1) is 9.82. The molecular formula is C7H10N2O3S. The maximum atomic E-state index is 10.8. The monoisotopic (exact) mass is 202 g/mol. The molecule has 0 atom stereocenters. The Balaban J connectivity index is 3.41. The van der Waals surface area contributed by atoms with Crippen LogP contribution in [0.2, 0.25) is 0 Å². The molecular weight excluding hydrogens is 192 g/mol. The smallest absolute Gasteiger partial charge is 0.296 e. The van der Waals surface area contributed by atoms with Gasteiger partial charge in [-0.3, -0.25) is 4.55 Å². The fourth-order valence-corrected chi connectivity index (χ4v) is 1.69. The second-order valence-electron chi connectivity index (χ2n) is 2.48. The van der Waals surface area contributed by atoms with Crippen molar-refractivity contribution in [3.05, 3.63) is 18.2 Å². The summed E-state index contributed by atoms with van der Waals surface area (Å²) < 4.78 is 30.5. The molecule has 0 saturated heterocycles. The second-order valence-corrected chi connectivity index (χ2v) is 3.87. The molecule has 0 spiro atoms. The van der Waals surface area contributed by atoms with Crippen LogP contribution in [0.15, 0.2) is 23.1 Å². The van der Waals surface area contributed by atoms with Crippen molar-refractivity contribution < 1.29 is 13.0 Å². The maximum Gasteiger partial charge on any atom is 0.296 e. The van der Waals surface area contributed by atoms with E-state index < -0.39 is 10.1 Å². The molecule has 4 N–H and O–H groups in total. The lowest BCUT2D eigenvalue weighted by molar-refractivity contribution is 0.483. The molecule has 0 heterocycles. The van der Waals surface area contributed by atoms with Crippen molar-refractivity contribution in [2.45, 2.75) is 4.90 Å². The normalized spacial score (nSPS) is 11.2. The highest BCUT2D eigenvalue weighted by atomic mass is 32.2. The molecule has 0 bridgehead atoms. The van der Waals surface area contributed by atoms with Gasteiger partial charge in [-0.25, -0.2) is 0 Å². The molecule has 0 aliphatic heterocycles. The number of nitrogens with one attached hydrogen (secondary N) is 1. The number of anilines is 2. The summed E-state index contributed by atoms with van der Waals surface area (Å²) in [7, 11) is -2.65. The van der Waals surface area contributed by atoms with Crippen LogP contribution in [0.25, 0.3) is 0 Å². The van der Waals surface area contributed by atoms with E-state index in [2.05, 4.69) is 5.32 Å². The van der Waals surface area contributed by atoms with Gasteiger partial charge in [-0.05, 0) is 18.2 Å². The van der Waals surface area contributed by atoms with E-state index in [-0.39, 0.29) is 10.6 Å². The van der Waals surface area contributed by atoms with E-state index in [1.165, 1.54) is 12.1 Å². The van der Waals surface area contributed by atoms with Crippen LogP contribution >= 0.6 is 0 Å². The van der Waals surface area contributed by atoms with Gasteiger partial charge in [0.2, 0.25) is 0 Å². The van der Waals surface area contributed by atoms with Crippen molar-refractivity contribution in [1.82, 2.24) is 0 Å². The first-order valence-electron chi connectivity index (χ1n) is 3.50. The molecule has 0 aliphatic rings. The summed E-state index contributed by atoms with van der Waals surface area (Å²) in [5.74, 6) is 0. The minimum atomic E-state index is -4.21. The molecule has 0 fully saturated rings. The lowest BCUT2D eigenvalue weighted by atomic mass is 10.3. The first-order valence-corrected chi connectivity index (χ1v) is 4.94. The van der Waals surface area contributed by atoms with Crippen LogP contribution in [0.4, 0.5) is 11.4 Å². The van der Waals surface area contributed by atoms with Crippen molar-refractivity contribution in [2.24, 2.45) is 0 Å². The molecule has 1 aromatic carbocycles. The van der Waals surface area contributed by atoms with Gasteiger partial charge in [0.1, 0.15) is 4.90 Å². The van der Waals surface area contributed by atoms with Crippen LogP contribution in [-0.4, -0.2) is 20.0 Å². The Hall–Kier alpha value is -1.27. The molecule has 1 aromatic rings. The molecule has 0 radical (unpaired) electrons. The van der Waals surface area contributed by atoms with E-state index in [4.69, 9.17) is 10.3 Å². The summed E-state index contributed by atoms with van der Waals surface area (Å²) in [5.41, 5.74) is 5.98. The molecule has 0 aromatic heterocycles. The quantitative estimate of drug-likeness (QED) is 0.481. The summed E-state index contributed by atoms with van der Waals surface area (Å²) in [6.45, 7) is 0. The summed E-state index contributed by atoms with van der Waals surface area (Å²) >= 11 is 0. The SMILES string of the molecule is CNc1ccc(N)cc1S(=O)(=O)O. The average Bonchev–Trinajstić information content (AvgIpc) is 2.03. The maximum absolute atomic E-state index is 10.8. The second kappa shape index (κ2) is 3.23. The first-order chi connectivity index (χ1) is 5.95. The van der Waals surface area contributed by atoms with Crippen LogP contribution in [-0.2, 0) is 10.1 Å². The van der Waals surface area contributed by atoms with E-state index in [1.54, 1.807) is 13.1 Å². The topological polar surface area (TPSA) is 92.4 Å². The van der Waals surface area contributed by atoms with Crippen LogP contribution in [0, 0.1) is 0 Å². The van der Waals surface area contributed by atoms with Crippen molar-refractivity contribution in [3.63, 3.8) is 0 Å². The van der Waals surface area contributed by atoms with E-state index in [9.17, 15) is 8.42 Å².